The lowest BCUT2D eigenvalue weighted by Gasteiger charge is -2.14. The third kappa shape index (κ3) is 3.24. The number of imide groups is 1. The number of hydrogen-bond acceptors (Lipinski definition) is 6. The largest absolute Gasteiger partial charge is 0.345 e. The predicted octanol–water partition coefficient (Wildman–Crippen LogP) is 2.72. The third-order valence-electron chi connectivity index (χ3n) is 4.03. The number of benzene rings is 2. The number of carbonyl (C=O) groups excluding carboxylic acids is 2. The van der Waals surface area contributed by atoms with Crippen molar-refractivity contribution in [2.45, 2.75) is 6.54 Å². The van der Waals surface area contributed by atoms with Crippen LogP contribution in [0.5, 0.6) is 0 Å². The Balaban J connectivity index is 1.77. The molecule has 0 saturated heterocycles. The van der Waals surface area contributed by atoms with Gasteiger partial charge in [-0.3, -0.25) is 14.5 Å². The first kappa shape index (κ1) is 17.4. The Morgan fingerprint density at radius 3 is 1.89 bits per heavy atom. The van der Waals surface area contributed by atoms with Gasteiger partial charge in [-0.1, -0.05) is 24.3 Å². The molecule has 27 heavy (non-hydrogen) atoms. The maximum absolute atomic E-state index is 12.4. The Kier molecular flexibility index (Phi) is 4.66. The van der Waals surface area contributed by atoms with Crippen molar-refractivity contribution in [3.8, 4) is 18.2 Å². The average Bonchev–Trinajstić information content (AvgIpc) is 2.94. The summed E-state index contributed by atoms with van der Waals surface area (Å²) in [7, 11) is 0. The van der Waals surface area contributed by atoms with Crippen molar-refractivity contribution in [2.24, 2.45) is 0 Å². The molecule has 2 aromatic rings. The fourth-order valence-electron chi connectivity index (χ4n) is 2.69. The highest BCUT2D eigenvalue weighted by Crippen LogP contribution is 2.24. The molecule has 0 aliphatic carbocycles. The van der Waals surface area contributed by atoms with Crippen LogP contribution in [0.1, 0.15) is 26.3 Å². The van der Waals surface area contributed by atoms with Crippen LogP contribution in [0.2, 0.25) is 0 Å². The maximum atomic E-state index is 12.4. The van der Waals surface area contributed by atoms with Gasteiger partial charge in [-0.2, -0.15) is 15.8 Å². The summed E-state index contributed by atoms with van der Waals surface area (Å²) in [6.45, 7) is 0.120. The van der Waals surface area contributed by atoms with Crippen LogP contribution in [0.4, 0.5) is 5.69 Å². The van der Waals surface area contributed by atoms with Crippen molar-refractivity contribution in [1.82, 2.24) is 4.90 Å². The van der Waals surface area contributed by atoms with Crippen molar-refractivity contribution in [3.63, 3.8) is 0 Å². The first-order valence-electron chi connectivity index (χ1n) is 7.84. The average molecular weight is 353 g/mol. The van der Waals surface area contributed by atoms with Crippen LogP contribution in [-0.4, -0.2) is 16.7 Å². The van der Waals surface area contributed by atoms with Crippen LogP contribution in [0.25, 0.3) is 0 Å². The molecule has 1 aliphatic heterocycles. The summed E-state index contributed by atoms with van der Waals surface area (Å²) in [5.41, 5.74) is 1.55. The van der Waals surface area contributed by atoms with E-state index in [9.17, 15) is 9.59 Å². The predicted molar refractivity (Wildman–Crippen MR) is 94.6 cm³/mol. The second-order valence-electron chi connectivity index (χ2n) is 5.65. The van der Waals surface area contributed by atoms with E-state index in [1.807, 2.05) is 0 Å². The molecule has 0 fully saturated rings. The minimum atomic E-state index is -0.333. The van der Waals surface area contributed by atoms with Crippen molar-refractivity contribution >= 4 is 17.5 Å². The summed E-state index contributed by atoms with van der Waals surface area (Å²) in [5, 5.41) is 29.4. The number of allylic oxidation sites excluding steroid dienone is 2. The van der Waals surface area contributed by atoms with E-state index in [0.717, 1.165) is 5.56 Å². The van der Waals surface area contributed by atoms with E-state index < -0.39 is 0 Å². The highest BCUT2D eigenvalue weighted by Gasteiger charge is 2.34. The van der Waals surface area contributed by atoms with Crippen molar-refractivity contribution in [3.05, 3.63) is 76.5 Å². The molecule has 2 aromatic carbocycles. The zero-order valence-corrected chi connectivity index (χ0v) is 13.9. The van der Waals surface area contributed by atoms with Crippen LogP contribution in [0, 0.1) is 34.0 Å². The number of hydrogen-bond donors (Lipinski definition) is 1. The number of rotatable bonds is 4. The lowest BCUT2D eigenvalue weighted by molar-refractivity contribution is 0.0642. The number of fused-ring (bicyclic) bond motifs is 1. The molecule has 7 heteroatoms. The third-order valence-corrected chi connectivity index (χ3v) is 4.03. The van der Waals surface area contributed by atoms with Crippen molar-refractivity contribution in [1.29, 1.82) is 15.8 Å². The van der Waals surface area contributed by atoms with Gasteiger partial charge in [0.05, 0.1) is 17.7 Å². The van der Waals surface area contributed by atoms with E-state index in [1.54, 1.807) is 66.7 Å². The van der Waals surface area contributed by atoms with Gasteiger partial charge in [0.25, 0.3) is 11.8 Å². The SMILES string of the molecule is N#CC(C#N)=C(C#N)Nc1ccc(CN2C(=O)c3ccccc3C2=O)cc1. The zero-order chi connectivity index (χ0) is 19.4. The van der Waals surface area contributed by atoms with Crippen molar-refractivity contribution in [2.75, 3.05) is 5.32 Å². The smallest absolute Gasteiger partial charge is 0.261 e. The lowest BCUT2D eigenvalue weighted by atomic mass is 10.1. The molecule has 0 atom stereocenters. The zero-order valence-electron chi connectivity index (χ0n) is 13.9. The molecule has 1 aliphatic rings. The van der Waals surface area contributed by atoms with Gasteiger partial charge in [0.1, 0.15) is 23.9 Å². The van der Waals surface area contributed by atoms with Gasteiger partial charge in [-0.15, -0.1) is 0 Å². The number of nitrogens with one attached hydrogen (secondary N) is 1. The highest BCUT2D eigenvalue weighted by molar-refractivity contribution is 6.21. The van der Waals surface area contributed by atoms with Gasteiger partial charge in [-0.05, 0) is 29.8 Å². The number of carbonyl (C=O) groups is 2. The molecule has 0 saturated carbocycles. The van der Waals surface area contributed by atoms with Gasteiger partial charge in [0, 0.05) is 5.69 Å². The Morgan fingerprint density at radius 2 is 1.41 bits per heavy atom. The van der Waals surface area contributed by atoms with Gasteiger partial charge >= 0.3 is 0 Å². The Labute approximate surface area is 155 Å². The van der Waals surface area contributed by atoms with Gasteiger partial charge < -0.3 is 5.32 Å². The molecule has 3 rings (SSSR count). The standard InChI is InChI=1S/C20H11N5O2/c21-9-14(10-22)18(11-23)24-15-7-5-13(6-8-15)12-25-19(26)16-3-1-2-4-17(16)20(25)27/h1-8,24H,12H2. The number of anilines is 1. The van der Waals surface area contributed by atoms with Crippen LogP contribution < -0.4 is 5.32 Å². The lowest BCUT2D eigenvalue weighted by Crippen LogP contribution is -2.29. The van der Waals surface area contributed by atoms with Crippen LogP contribution in [-0.2, 0) is 6.54 Å². The number of amides is 2. The van der Waals surface area contributed by atoms with Crippen LogP contribution in [0.3, 0.4) is 0 Å². The molecule has 128 valence electrons. The first-order chi connectivity index (χ1) is 13.1. The summed E-state index contributed by atoms with van der Waals surface area (Å²) in [6, 6.07) is 18.4. The van der Waals surface area contributed by atoms with Gasteiger partial charge in [0.2, 0.25) is 0 Å². The Bertz CT molecular complexity index is 1040. The minimum Gasteiger partial charge on any atom is -0.345 e. The quantitative estimate of drug-likeness (QED) is 0.666. The molecule has 2 amide bonds. The van der Waals surface area contributed by atoms with E-state index in [2.05, 4.69) is 5.32 Å². The fraction of sp³-hybridized carbons (Fsp3) is 0.0500. The number of nitriles is 3. The van der Waals surface area contributed by atoms with Gasteiger partial charge in [-0.25, -0.2) is 0 Å². The van der Waals surface area contributed by atoms with Crippen LogP contribution >= 0.6 is 0 Å². The molecular formula is C20H11N5O2. The first-order valence-corrected chi connectivity index (χ1v) is 7.84. The molecule has 0 bridgehead atoms. The summed E-state index contributed by atoms with van der Waals surface area (Å²) in [6.07, 6.45) is 0. The maximum Gasteiger partial charge on any atom is 0.261 e. The minimum absolute atomic E-state index is 0.120. The van der Waals surface area contributed by atoms with Crippen molar-refractivity contribution < 1.29 is 9.59 Å². The van der Waals surface area contributed by atoms with Gasteiger partial charge in [0.15, 0.2) is 5.57 Å². The molecule has 0 radical (unpaired) electrons. The molecular weight excluding hydrogens is 342 g/mol. The summed E-state index contributed by atoms with van der Waals surface area (Å²) < 4.78 is 0. The second kappa shape index (κ2) is 7.23. The number of nitrogens with zero attached hydrogens (tertiary/aromatic N) is 4. The van der Waals surface area contributed by atoms with Crippen LogP contribution in [0.15, 0.2) is 59.8 Å². The monoisotopic (exact) mass is 353 g/mol. The Hall–Kier alpha value is -4.41. The van der Waals surface area contributed by atoms with E-state index >= 15 is 0 Å². The summed E-state index contributed by atoms with van der Waals surface area (Å²) >= 11 is 0. The molecule has 0 unspecified atom stereocenters. The highest BCUT2D eigenvalue weighted by atomic mass is 16.2. The molecule has 7 nitrogen and oxygen atoms in total. The second-order valence-corrected chi connectivity index (χ2v) is 5.65. The topological polar surface area (TPSA) is 121 Å². The molecule has 0 spiro atoms. The molecule has 0 aromatic heterocycles. The van der Waals surface area contributed by atoms with E-state index in [-0.39, 0.29) is 29.6 Å². The molecule has 1 N–H and O–H groups in total. The fourth-order valence-corrected chi connectivity index (χ4v) is 2.69. The summed E-state index contributed by atoms with van der Waals surface area (Å²) in [5.74, 6) is -0.666. The van der Waals surface area contributed by atoms with E-state index in [1.165, 1.54) is 4.90 Å². The van der Waals surface area contributed by atoms with E-state index in [0.29, 0.717) is 16.8 Å². The van der Waals surface area contributed by atoms with E-state index in [4.69, 9.17) is 15.8 Å². The summed E-state index contributed by atoms with van der Waals surface area (Å²) in [4.78, 5) is 26.0. The molecule has 1 heterocycles. The normalized spacial score (nSPS) is 11.8. The Morgan fingerprint density at radius 1 is 0.852 bits per heavy atom.